The summed E-state index contributed by atoms with van der Waals surface area (Å²) in [6, 6.07) is 6.79. The molecule has 3 nitrogen and oxygen atoms in total. The summed E-state index contributed by atoms with van der Waals surface area (Å²) >= 11 is 0. The third-order valence-corrected chi connectivity index (χ3v) is 3.50. The van der Waals surface area contributed by atoms with Gasteiger partial charge in [-0.2, -0.15) is 8.78 Å². The Morgan fingerprint density at radius 2 is 1.95 bits per heavy atom. The Bertz CT molecular complexity index is 433. The highest BCUT2D eigenvalue weighted by molar-refractivity contribution is 5.30. The lowest BCUT2D eigenvalue weighted by molar-refractivity contribution is -0.0499. The molecular weight excluding hydrogens is 276 g/mol. The van der Waals surface area contributed by atoms with Crippen molar-refractivity contribution >= 4 is 0 Å². The van der Waals surface area contributed by atoms with Gasteiger partial charge in [-0.3, -0.25) is 0 Å². The summed E-state index contributed by atoms with van der Waals surface area (Å²) in [5.41, 5.74) is 0.869. The Balaban J connectivity index is 2.80. The Labute approximate surface area is 125 Å². The molecule has 0 saturated heterocycles. The van der Waals surface area contributed by atoms with Gasteiger partial charge in [-0.15, -0.1) is 0 Å². The molecule has 120 valence electrons. The molecule has 0 spiro atoms. The third-order valence-electron chi connectivity index (χ3n) is 3.50. The monoisotopic (exact) mass is 301 g/mol. The van der Waals surface area contributed by atoms with E-state index in [1.807, 2.05) is 13.0 Å². The molecule has 0 bridgehead atoms. The van der Waals surface area contributed by atoms with Crippen molar-refractivity contribution in [2.45, 2.75) is 52.8 Å². The first kappa shape index (κ1) is 17.9. The fraction of sp³-hybridized carbons (Fsp3) is 0.625. The van der Waals surface area contributed by atoms with Gasteiger partial charge in [-0.05, 0) is 36.5 Å². The molecule has 1 aromatic carbocycles. The molecule has 1 aromatic rings. The quantitative estimate of drug-likeness (QED) is 0.806. The molecule has 0 aliphatic carbocycles. The highest BCUT2D eigenvalue weighted by Gasteiger charge is 2.25. The van der Waals surface area contributed by atoms with Gasteiger partial charge >= 0.3 is 6.61 Å². The Morgan fingerprint density at radius 3 is 2.48 bits per heavy atom. The summed E-state index contributed by atoms with van der Waals surface area (Å²) in [4.78, 5) is 0. The van der Waals surface area contributed by atoms with Gasteiger partial charge in [0.2, 0.25) is 0 Å². The summed E-state index contributed by atoms with van der Waals surface area (Å²) in [7, 11) is 0. The lowest BCUT2D eigenvalue weighted by Gasteiger charge is -2.34. The minimum Gasteiger partial charge on any atom is -0.435 e. The number of nitrogens with one attached hydrogen (secondary N) is 1. The third kappa shape index (κ3) is 5.98. The lowest BCUT2D eigenvalue weighted by Crippen LogP contribution is -2.42. The molecule has 0 aliphatic heterocycles. The first-order valence-corrected chi connectivity index (χ1v) is 7.15. The number of aliphatic hydroxyl groups is 1. The van der Waals surface area contributed by atoms with Crippen LogP contribution in [0.1, 0.15) is 45.7 Å². The molecule has 0 radical (unpaired) electrons. The molecule has 2 atom stereocenters. The molecule has 1 rings (SSSR count). The molecule has 0 aromatic heterocycles. The highest BCUT2D eigenvalue weighted by atomic mass is 19.3. The van der Waals surface area contributed by atoms with E-state index in [4.69, 9.17) is 0 Å². The van der Waals surface area contributed by atoms with Gasteiger partial charge in [-0.25, -0.2) is 0 Å². The van der Waals surface area contributed by atoms with Gasteiger partial charge in [0, 0.05) is 18.7 Å². The van der Waals surface area contributed by atoms with E-state index in [1.165, 1.54) is 6.07 Å². The van der Waals surface area contributed by atoms with Crippen molar-refractivity contribution in [1.82, 2.24) is 5.32 Å². The number of ether oxygens (including phenoxy) is 1. The van der Waals surface area contributed by atoms with Gasteiger partial charge in [0.05, 0.1) is 0 Å². The summed E-state index contributed by atoms with van der Waals surface area (Å²) in [5.74, 6) is 0.158. The van der Waals surface area contributed by atoms with Gasteiger partial charge < -0.3 is 15.2 Å². The van der Waals surface area contributed by atoms with Crippen LogP contribution in [0.5, 0.6) is 5.75 Å². The molecule has 2 N–H and O–H groups in total. The van der Waals surface area contributed by atoms with Gasteiger partial charge in [0.1, 0.15) is 5.75 Å². The van der Waals surface area contributed by atoms with E-state index in [2.05, 4.69) is 30.8 Å². The molecule has 0 heterocycles. The number of aliphatic hydroxyl groups excluding tert-OH is 1. The number of halogens is 2. The van der Waals surface area contributed by atoms with E-state index in [-0.39, 0.29) is 29.9 Å². The Hall–Kier alpha value is -1.20. The Kier molecular flexibility index (Phi) is 6.55. The summed E-state index contributed by atoms with van der Waals surface area (Å²) in [6.07, 6.45) is 0.640. The first-order chi connectivity index (χ1) is 9.74. The summed E-state index contributed by atoms with van der Waals surface area (Å²) < 4.78 is 28.9. The highest BCUT2D eigenvalue weighted by Crippen LogP contribution is 2.26. The maximum absolute atomic E-state index is 12.3. The number of hydrogen-bond acceptors (Lipinski definition) is 3. The van der Waals surface area contributed by atoms with Crippen molar-refractivity contribution in [3.05, 3.63) is 29.8 Å². The smallest absolute Gasteiger partial charge is 0.387 e. The van der Waals surface area contributed by atoms with Gasteiger partial charge in [0.25, 0.3) is 0 Å². The average molecular weight is 301 g/mol. The van der Waals surface area contributed by atoms with Crippen LogP contribution in [0.2, 0.25) is 0 Å². The zero-order valence-electron chi connectivity index (χ0n) is 13.1. The standard InChI is InChI=1S/C16H25F2NO2/c1-11(19-14(8-9-20)16(2,3)4)12-6-5-7-13(10-12)21-15(17)18/h5-7,10-11,14-15,19-20H,8-9H2,1-4H3. The molecule has 0 saturated carbocycles. The van der Waals surface area contributed by atoms with Crippen LogP contribution in [0.3, 0.4) is 0 Å². The molecule has 0 amide bonds. The first-order valence-electron chi connectivity index (χ1n) is 7.15. The topological polar surface area (TPSA) is 41.5 Å². The van der Waals surface area contributed by atoms with Crippen molar-refractivity contribution < 1.29 is 18.6 Å². The number of rotatable bonds is 7. The SMILES string of the molecule is CC(NC(CCO)C(C)(C)C)c1cccc(OC(F)F)c1. The number of alkyl halides is 2. The predicted molar refractivity (Wildman–Crippen MR) is 79.6 cm³/mol. The largest absolute Gasteiger partial charge is 0.435 e. The fourth-order valence-electron chi connectivity index (χ4n) is 2.25. The average Bonchev–Trinajstić information content (AvgIpc) is 2.36. The van der Waals surface area contributed by atoms with Crippen molar-refractivity contribution in [3.8, 4) is 5.75 Å². The van der Waals surface area contributed by atoms with E-state index in [0.717, 1.165) is 5.56 Å². The van der Waals surface area contributed by atoms with Crippen LogP contribution in [-0.4, -0.2) is 24.4 Å². The summed E-state index contributed by atoms with van der Waals surface area (Å²) in [6.45, 7) is 5.56. The molecule has 5 heteroatoms. The minimum absolute atomic E-state index is 0.00588. The molecule has 2 unspecified atom stereocenters. The zero-order valence-corrected chi connectivity index (χ0v) is 13.1. The van der Waals surface area contributed by atoms with Gasteiger partial charge in [0.15, 0.2) is 0 Å². The lowest BCUT2D eigenvalue weighted by atomic mass is 9.84. The van der Waals surface area contributed by atoms with Crippen LogP contribution >= 0.6 is 0 Å². The van der Waals surface area contributed by atoms with Crippen LogP contribution in [0.4, 0.5) is 8.78 Å². The van der Waals surface area contributed by atoms with Crippen LogP contribution in [0.15, 0.2) is 24.3 Å². The zero-order chi connectivity index (χ0) is 16.0. The van der Waals surface area contributed by atoms with Crippen molar-refractivity contribution in [2.24, 2.45) is 5.41 Å². The number of hydrogen-bond donors (Lipinski definition) is 2. The Morgan fingerprint density at radius 1 is 1.29 bits per heavy atom. The van der Waals surface area contributed by atoms with E-state index >= 15 is 0 Å². The minimum atomic E-state index is -2.82. The predicted octanol–water partition coefficient (Wildman–Crippen LogP) is 3.74. The maximum atomic E-state index is 12.3. The van der Waals surface area contributed by atoms with Crippen molar-refractivity contribution in [3.63, 3.8) is 0 Å². The molecular formula is C16H25F2NO2. The normalized spacial score (nSPS) is 15.0. The number of benzene rings is 1. The van der Waals surface area contributed by atoms with Crippen LogP contribution < -0.4 is 10.1 Å². The van der Waals surface area contributed by atoms with E-state index in [1.54, 1.807) is 12.1 Å². The van der Waals surface area contributed by atoms with Crippen molar-refractivity contribution in [2.75, 3.05) is 6.61 Å². The second kappa shape index (κ2) is 7.71. The van der Waals surface area contributed by atoms with Crippen LogP contribution in [0, 0.1) is 5.41 Å². The van der Waals surface area contributed by atoms with Crippen LogP contribution in [0.25, 0.3) is 0 Å². The molecule has 0 aliphatic rings. The van der Waals surface area contributed by atoms with Crippen molar-refractivity contribution in [1.29, 1.82) is 0 Å². The summed E-state index contributed by atoms with van der Waals surface area (Å²) in [5, 5.41) is 12.6. The van der Waals surface area contributed by atoms with E-state index < -0.39 is 6.61 Å². The molecule has 21 heavy (non-hydrogen) atoms. The van der Waals surface area contributed by atoms with E-state index in [0.29, 0.717) is 6.42 Å². The van der Waals surface area contributed by atoms with E-state index in [9.17, 15) is 13.9 Å². The maximum Gasteiger partial charge on any atom is 0.387 e. The fourth-order valence-corrected chi connectivity index (χ4v) is 2.25. The second-order valence-corrected chi connectivity index (χ2v) is 6.27. The second-order valence-electron chi connectivity index (χ2n) is 6.27. The molecule has 0 fully saturated rings. The van der Waals surface area contributed by atoms with Gasteiger partial charge in [-0.1, -0.05) is 32.9 Å². The van der Waals surface area contributed by atoms with Crippen LogP contribution in [-0.2, 0) is 0 Å².